The summed E-state index contributed by atoms with van der Waals surface area (Å²) in [5.74, 6) is -0.506. The van der Waals surface area contributed by atoms with Gasteiger partial charge in [0.2, 0.25) is 0 Å². The Balaban J connectivity index is 1.58. The third-order valence-electron chi connectivity index (χ3n) is 4.62. The van der Waals surface area contributed by atoms with E-state index in [1.807, 2.05) is 13.0 Å². The lowest BCUT2D eigenvalue weighted by Crippen LogP contribution is -2.31. The maximum absolute atomic E-state index is 12.6. The average molecular weight is 361 g/mol. The van der Waals surface area contributed by atoms with Gasteiger partial charge in [0.05, 0.1) is 24.3 Å². The number of aryl methyl sites for hydroxylation is 1. The molecule has 7 nitrogen and oxygen atoms in total. The van der Waals surface area contributed by atoms with E-state index in [1.54, 1.807) is 24.3 Å². The van der Waals surface area contributed by atoms with Gasteiger partial charge in [-0.25, -0.2) is 0 Å². The number of allylic oxidation sites excluding steroid dienone is 1. The van der Waals surface area contributed by atoms with E-state index < -0.39 is 15.8 Å². The summed E-state index contributed by atoms with van der Waals surface area (Å²) in [6.07, 6.45) is 5.55. The Morgan fingerprint density at radius 2 is 1.88 bits per heavy atom. The molecule has 1 fully saturated rings. The summed E-state index contributed by atoms with van der Waals surface area (Å²) in [7, 11) is -3.73. The normalized spacial score (nSPS) is 20.0. The molecule has 1 aliphatic heterocycles. The first-order valence-corrected chi connectivity index (χ1v) is 9.65. The van der Waals surface area contributed by atoms with Gasteiger partial charge in [0.25, 0.3) is 10.0 Å². The van der Waals surface area contributed by atoms with Crippen LogP contribution in [0.2, 0.25) is 0 Å². The largest absolute Gasteiger partial charge is 0.347 e. The molecule has 4 rings (SSSR count). The quantitative estimate of drug-likeness (QED) is 0.833. The smallest absolute Gasteiger partial charge is 0.284 e. The monoisotopic (exact) mass is 361 g/mol. The maximum atomic E-state index is 12.6. The minimum absolute atomic E-state index is 0.193. The van der Waals surface area contributed by atoms with Crippen LogP contribution in [0, 0.1) is 6.92 Å². The fourth-order valence-electron chi connectivity index (χ4n) is 3.13. The van der Waals surface area contributed by atoms with Crippen molar-refractivity contribution >= 4 is 15.6 Å². The van der Waals surface area contributed by atoms with Gasteiger partial charge in [-0.3, -0.25) is 0 Å². The van der Waals surface area contributed by atoms with E-state index in [-0.39, 0.29) is 4.90 Å². The van der Waals surface area contributed by atoms with Gasteiger partial charge in [-0.15, -0.1) is 9.19 Å². The number of rotatable bonds is 3. The third-order valence-corrected chi connectivity index (χ3v) is 6.15. The molecule has 0 unspecified atom stereocenters. The van der Waals surface area contributed by atoms with E-state index in [0.29, 0.717) is 31.7 Å². The Kier molecular flexibility index (Phi) is 3.98. The fraction of sp³-hybridized carbons (Fsp3) is 0.412. The van der Waals surface area contributed by atoms with Crippen molar-refractivity contribution < 1.29 is 17.9 Å². The second-order valence-corrected chi connectivity index (χ2v) is 8.13. The van der Waals surface area contributed by atoms with Gasteiger partial charge < -0.3 is 9.47 Å². The van der Waals surface area contributed by atoms with Gasteiger partial charge in [0.15, 0.2) is 5.79 Å². The first-order valence-electron chi connectivity index (χ1n) is 8.21. The van der Waals surface area contributed by atoms with E-state index in [4.69, 9.17) is 9.47 Å². The van der Waals surface area contributed by atoms with Gasteiger partial charge >= 0.3 is 0 Å². The van der Waals surface area contributed by atoms with Crippen molar-refractivity contribution in [1.29, 1.82) is 0 Å². The summed E-state index contributed by atoms with van der Waals surface area (Å²) in [4.78, 5) is 0.193. The average Bonchev–Trinajstić information content (AvgIpc) is 3.27. The maximum Gasteiger partial charge on any atom is 0.284 e. The van der Waals surface area contributed by atoms with Crippen LogP contribution in [0.4, 0.5) is 0 Å². The Labute approximate surface area is 146 Å². The molecule has 1 aromatic carbocycles. The van der Waals surface area contributed by atoms with E-state index >= 15 is 0 Å². The number of aromatic nitrogens is 3. The molecule has 0 atom stereocenters. The van der Waals surface area contributed by atoms with Crippen LogP contribution >= 0.6 is 0 Å². The van der Waals surface area contributed by atoms with Crippen LogP contribution in [0.25, 0.3) is 5.57 Å². The SMILES string of the molecule is Cc1ccc(S(=O)(=O)n2cc(C3=CCC4(CC3)OCCO4)nn2)cc1. The van der Waals surface area contributed by atoms with Crippen molar-refractivity contribution in [1.82, 2.24) is 14.4 Å². The van der Waals surface area contributed by atoms with Crippen LogP contribution in [0.5, 0.6) is 0 Å². The highest BCUT2D eigenvalue weighted by molar-refractivity contribution is 7.89. The third kappa shape index (κ3) is 3.01. The predicted molar refractivity (Wildman–Crippen MR) is 90.2 cm³/mol. The standard InChI is InChI=1S/C17H19N3O4S/c1-13-2-4-15(5-3-13)25(21,22)20-12-16(18-19-20)14-6-8-17(9-7-14)23-10-11-24-17/h2-6,12H,7-11H2,1H3. The molecular weight excluding hydrogens is 342 g/mol. The van der Waals surface area contributed by atoms with Crippen molar-refractivity contribution in [3.8, 4) is 0 Å². The molecular formula is C17H19N3O4S. The second kappa shape index (κ2) is 6.05. The Hall–Kier alpha value is -2.03. The molecule has 2 aromatic rings. The molecule has 2 heterocycles. The molecule has 132 valence electrons. The summed E-state index contributed by atoms with van der Waals surface area (Å²) >= 11 is 0. The van der Waals surface area contributed by atoms with E-state index in [9.17, 15) is 8.42 Å². The fourth-order valence-corrected chi connectivity index (χ4v) is 4.20. The van der Waals surface area contributed by atoms with Gasteiger partial charge in [-0.05, 0) is 31.1 Å². The summed E-state index contributed by atoms with van der Waals surface area (Å²) in [6, 6.07) is 6.67. The summed E-state index contributed by atoms with van der Waals surface area (Å²) in [6.45, 7) is 3.15. The molecule has 0 bridgehead atoms. The Bertz CT molecular complexity index is 910. The number of hydrogen-bond donors (Lipinski definition) is 0. The number of nitrogens with zero attached hydrogens (tertiary/aromatic N) is 3. The molecule has 0 N–H and O–H groups in total. The van der Waals surface area contributed by atoms with Crippen LogP contribution in [-0.2, 0) is 19.5 Å². The molecule has 0 saturated carbocycles. The van der Waals surface area contributed by atoms with Crippen LogP contribution in [-0.4, -0.2) is 41.8 Å². The summed E-state index contributed by atoms with van der Waals surface area (Å²) < 4.78 is 37.6. The van der Waals surface area contributed by atoms with Gasteiger partial charge in [0.1, 0.15) is 5.69 Å². The number of benzene rings is 1. The van der Waals surface area contributed by atoms with E-state index in [0.717, 1.165) is 21.6 Å². The number of hydrogen-bond acceptors (Lipinski definition) is 6. The molecule has 0 radical (unpaired) electrons. The Morgan fingerprint density at radius 1 is 1.16 bits per heavy atom. The molecule has 1 aromatic heterocycles. The molecule has 1 saturated heterocycles. The lowest BCUT2D eigenvalue weighted by molar-refractivity contribution is -0.159. The minimum atomic E-state index is -3.73. The van der Waals surface area contributed by atoms with Crippen molar-refractivity contribution in [3.63, 3.8) is 0 Å². The molecule has 1 aliphatic carbocycles. The van der Waals surface area contributed by atoms with Crippen LogP contribution in [0.15, 0.2) is 41.4 Å². The lowest BCUT2D eigenvalue weighted by Gasteiger charge is -2.30. The van der Waals surface area contributed by atoms with Gasteiger partial charge in [0, 0.05) is 12.8 Å². The van der Waals surface area contributed by atoms with Crippen LogP contribution < -0.4 is 0 Å². The predicted octanol–water partition coefficient (Wildman–Crippen LogP) is 2.13. The summed E-state index contributed by atoms with van der Waals surface area (Å²) in [5, 5.41) is 7.87. The topological polar surface area (TPSA) is 83.3 Å². The van der Waals surface area contributed by atoms with E-state index in [1.165, 1.54) is 6.20 Å². The first kappa shape index (κ1) is 16.4. The molecule has 25 heavy (non-hydrogen) atoms. The lowest BCUT2D eigenvalue weighted by atomic mass is 9.92. The number of ether oxygens (including phenoxy) is 2. The molecule has 2 aliphatic rings. The second-order valence-electron chi connectivity index (χ2n) is 6.34. The highest BCUT2D eigenvalue weighted by Gasteiger charge is 2.38. The minimum Gasteiger partial charge on any atom is -0.347 e. The van der Waals surface area contributed by atoms with E-state index in [2.05, 4.69) is 10.3 Å². The van der Waals surface area contributed by atoms with Crippen LogP contribution in [0.3, 0.4) is 0 Å². The molecule has 0 amide bonds. The van der Waals surface area contributed by atoms with Crippen molar-refractivity contribution in [2.45, 2.75) is 36.9 Å². The first-order chi connectivity index (χ1) is 12.0. The molecule has 8 heteroatoms. The zero-order valence-electron chi connectivity index (χ0n) is 13.9. The molecule has 1 spiro atoms. The summed E-state index contributed by atoms with van der Waals surface area (Å²) in [5.41, 5.74) is 2.54. The zero-order valence-corrected chi connectivity index (χ0v) is 14.7. The van der Waals surface area contributed by atoms with Gasteiger partial charge in [-0.2, -0.15) is 8.42 Å². The van der Waals surface area contributed by atoms with Crippen LogP contribution in [0.1, 0.15) is 30.5 Å². The zero-order chi connectivity index (χ0) is 17.5. The van der Waals surface area contributed by atoms with Crippen molar-refractivity contribution in [2.75, 3.05) is 13.2 Å². The van der Waals surface area contributed by atoms with Gasteiger partial charge in [-0.1, -0.05) is 29.0 Å². The highest BCUT2D eigenvalue weighted by Crippen LogP contribution is 2.37. The van der Waals surface area contributed by atoms with Crippen molar-refractivity contribution in [2.24, 2.45) is 0 Å². The Morgan fingerprint density at radius 3 is 2.52 bits per heavy atom. The highest BCUT2D eigenvalue weighted by atomic mass is 32.2. The van der Waals surface area contributed by atoms with Crippen molar-refractivity contribution in [3.05, 3.63) is 47.8 Å².